The molecule has 2 atom stereocenters. The van der Waals surface area contributed by atoms with Crippen molar-refractivity contribution >= 4 is 0 Å². The highest BCUT2D eigenvalue weighted by Crippen LogP contribution is 2.36. The zero-order valence-electron chi connectivity index (χ0n) is 13.3. The van der Waals surface area contributed by atoms with Crippen molar-refractivity contribution in [1.82, 2.24) is 9.80 Å². The molecule has 2 aliphatic heterocycles. The minimum Gasteiger partial charge on any atom is -0.297 e. The highest BCUT2D eigenvalue weighted by atomic mass is 15.3. The first-order valence-corrected chi connectivity index (χ1v) is 7.71. The summed E-state index contributed by atoms with van der Waals surface area (Å²) in [6.45, 7) is 18.1. The van der Waals surface area contributed by atoms with Crippen molar-refractivity contribution in [3.63, 3.8) is 0 Å². The van der Waals surface area contributed by atoms with E-state index in [0.29, 0.717) is 11.1 Å². The Balaban J connectivity index is 2.13. The maximum absolute atomic E-state index is 2.78. The van der Waals surface area contributed by atoms with Crippen LogP contribution < -0.4 is 0 Å². The molecule has 2 rings (SSSR count). The molecule has 0 aliphatic carbocycles. The largest absolute Gasteiger partial charge is 0.297 e. The second-order valence-corrected chi connectivity index (χ2v) is 8.24. The van der Waals surface area contributed by atoms with Crippen molar-refractivity contribution in [2.24, 2.45) is 5.92 Å². The molecule has 0 N–H and O–H groups in total. The van der Waals surface area contributed by atoms with Gasteiger partial charge in [0.1, 0.15) is 0 Å². The number of hydrogen-bond donors (Lipinski definition) is 0. The van der Waals surface area contributed by atoms with Crippen molar-refractivity contribution in [2.45, 2.75) is 77.9 Å². The van der Waals surface area contributed by atoms with Crippen LogP contribution in [0.3, 0.4) is 0 Å². The molecule has 0 radical (unpaired) electrons. The van der Waals surface area contributed by atoms with Crippen LogP contribution in [-0.4, -0.2) is 46.6 Å². The lowest BCUT2D eigenvalue weighted by atomic mass is 9.80. The van der Waals surface area contributed by atoms with E-state index in [1.54, 1.807) is 0 Å². The van der Waals surface area contributed by atoms with Gasteiger partial charge in [-0.15, -0.1) is 0 Å². The van der Waals surface area contributed by atoms with Crippen LogP contribution in [0.5, 0.6) is 0 Å². The monoisotopic (exact) mass is 252 g/mol. The van der Waals surface area contributed by atoms with Crippen LogP contribution in [0.4, 0.5) is 0 Å². The van der Waals surface area contributed by atoms with Crippen LogP contribution in [0, 0.1) is 5.92 Å². The van der Waals surface area contributed by atoms with E-state index in [4.69, 9.17) is 0 Å². The summed E-state index contributed by atoms with van der Waals surface area (Å²) in [6.07, 6.45) is 4.25. The lowest BCUT2D eigenvalue weighted by Crippen LogP contribution is -2.62. The average molecular weight is 252 g/mol. The molecule has 0 spiro atoms. The molecule has 18 heavy (non-hydrogen) atoms. The Morgan fingerprint density at radius 2 is 1.50 bits per heavy atom. The van der Waals surface area contributed by atoms with Crippen LogP contribution in [0.25, 0.3) is 0 Å². The van der Waals surface area contributed by atoms with E-state index < -0.39 is 0 Å². The highest BCUT2D eigenvalue weighted by molar-refractivity contribution is 4.97. The van der Waals surface area contributed by atoms with E-state index in [9.17, 15) is 0 Å². The van der Waals surface area contributed by atoms with Gasteiger partial charge >= 0.3 is 0 Å². The zero-order chi connectivity index (χ0) is 13.6. The lowest BCUT2D eigenvalue weighted by Gasteiger charge is -2.54. The second-order valence-electron chi connectivity index (χ2n) is 8.24. The van der Waals surface area contributed by atoms with E-state index >= 15 is 0 Å². The van der Waals surface area contributed by atoms with Gasteiger partial charge in [0.25, 0.3) is 0 Å². The predicted molar refractivity (Wildman–Crippen MR) is 78.9 cm³/mol. The van der Waals surface area contributed by atoms with E-state index in [1.165, 1.54) is 38.9 Å². The lowest BCUT2D eigenvalue weighted by molar-refractivity contribution is -0.0494. The zero-order valence-corrected chi connectivity index (χ0v) is 13.3. The molecule has 0 bridgehead atoms. The summed E-state index contributed by atoms with van der Waals surface area (Å²) in [7, 11) is 0. The summed E-state index contributed by atoms with van der Waals surface area (Å²) in [4.78, 5) is 5.47. The third kappa shape index (κ3) is 2.91. The first-order chi connectivity index (χ1) is 8.19. The molecular formula is C16H32N2. The molecule has 2 saturated heterocycles. The Kier molecular flexibility index (Phi) is 3.81. The van der Waals surface area contributed by atoms with Gasteiger partial charge in [-0.2, -0.15) is 0 Å². The minimum absolute atomic E-state index is 0.324. The molecule has 0 aromatic rings. The van der Waals surface area contributed by atoms with Crippen LogP contribution >= 0.6 is 0 Å². The van der Waals surface area contributed by atoms with Crippen molar-refractivity contribution in [1.29, 1.82) is 0 Å². The van der Waals surface area contributed by atoms with E-state index in [-0.39, 0.29) is 0 Å². The maximum Gasteiger partial charge on any atom is 0.0257 e. The predicted octanol–water partition coefficient (Wildman–Crippen LogP) is 3.37. The molecular weight excluding hydrogens is 220 g/mol. The Morgan fingerprint density at radius 1 is 0.833 bits per heavy atom. The molecule has 0 amide bonds. The van der Waals surface area contributed by atoms with Gasteiger partial charge in [-0.25, -0.2) is 0 Å². The summed E-state index contributed by atoms with van der Waals surface area (Å²) in [5.41, 5.74) is 0.649. The number of rotatable bonds is 0. The second kappa shape index (κ2) is 4.79. The molecule has 0 aromatic heterocycles. The van der Waals surface area contributed by atoms with Crippen LogP contribution in [-0.2, 0) is 0 Å². The summed E-state index contributed by atoms with van der Waals surface area (Å²) in [5, 5.41) is 0. The molecule has 0 saturated carbocycles. The molecule has 2 fully saturated rings. The van der Waals surface area contributed by atoms with Gasteiger partial charge in [0.05, 0.1) is 0 Å². The fourth-order valence-electron chi connectivity index (χ4n) is 3.80. The number of nitrogens with zero attached hydrogens (tertiary/aromatic N) is 2. The summed E-state index contributed by atoms with van der Waals surface area (Å²) in [5.74, 6) is 0.941. The molecule has 106 valence electrons. The quantitative estimate of drug-likeness (QED) is 0.652. The van der Waals surface area contributed by atoms with Gasteiger partial charge in [0.2, 0.25) is 0 Å². The fourth-order valence-corrected chi connectivity index (χ4v) is 3.80. The van der Waals surface area contributed by atoms with E-state index in [0.717, 1.165) is 12.0 Å². The van der Waals surface area contributed by atoms with Crippen LogP contribution in [0.15, 0.2) is 0 Å². The van der Waals surface area contributed by atoms with Crippen molar-refractivity contribution in [3.05, 3.63) is 0 Å². The summed E-state index contributed by atoms with van der Waals surface area (Å²) >= 11 is 0. The minimum atomic E-state index is 0.324. The molecule has 2 heterocycles. The van der Waals surface area contributed by atoms with Gasteiger partial charge in [0, 0.05) is 23.7 Å². The van der Waals surface area contributed by atoms with Crippen LogP contribution in [0.1, 0.15) is 60.8 Å². The Hall–Kier alpha value is -0.0800. The first kappa shape index (κ1) is 14.3. The molecule has 2 heteroatoms. The number of likely N-dealkylation sites (tertiary alicyclic amines) is 2. The number of hydrogen-bond acceptors (Lipinski definition) is 2. The topological polar surface area (TPSA) is 6.48 Å². The average Bonchev–Trinajstić information content (AvgIpc) is 2.25. The number of fused-ring (bicyclic) bond motifs is 1. The summed E-state index contributed by atoms with van der Waals surface area (Å²) in [6, 6.07) is 0.784. The molecule has 2 aliphatic rings. The smallest absolute Gasteiger partial charge is 0.0257 e. The fraction of sp³-hybridized carbons (Fsp3) is 1.00. The Bertz CT molecular complexity index is 284. The first-order valence-electron chi connectivity index (χ1n) is 7.71. The van der Waals surface area contributed by atoms with Gasteiger partial charge in [0.15, 0.2) is 0 Å². The van der Waals surface area contributed by atoms with E-state index in [2.05, 4.69) is 51.3 Å². The van der Waals surface area contributed by atoms with Gasteiger partial charge in [-0.3, -0.25) is 9.80 Å². The SMILES string of the molecule is CC(C)(C)N1CCC2CCCN(C(C)(C)C)C2C1. The van der Waals surface area contributed by atoms with Crippen molar-refractivity contribution in [3.8, 4) is 0 Å². The van der Waals surface area contributed by atoms with Gasteiger partial charge in [-0.05, 0) is 79.8 Å². The summed E-state index contributed by atoms with van der Waals surface area (Å²) < 4.78 is 0. The Morgan fingerprint density at radius 3 is 2.06 bits per heavy atom. The van der Waals surface area contributed by atoms with Crippen LogP contribution in [0.2, 0.25) is 0 Å². The third-order valence-electron chi connectivity index (χ3n) is 4.91. The number of piperidine rings is 2. The van der Waals surface area contributed by atoms with Gasteiger partial charge < -0.3 is 0 Å². The van der Waals surface area contributed by atoms with Crippen molar-refractivity contribution in [2.75, 3.05) is 19.6 Å². The standard InChI is InChI=1S/C16H32N2/c1-15(2,3)17-11-9-13-8-7-10-18(14(13)12-17)16(4,5)6/h13-14H,7-12H2,1-6H3. The molecule has 0 aromatic carbocycles. The van der Waals surface area contributed by atoms with E-state index in [1.807, 2.05) is 0 Å². The molecule has 2 unspecified atom stereocenters. The third-order valence-corrected chi connectivity index (χ3v) is 4.91. The van der Waals surface area contributed by atoms with Gasteiger partial charge in [-0.1, -0.05) is 0 Å². The normalized spacial score (nSPS) is 32.3. The van der Waals surface area contributed by atoms with Crippen molar-refractivity contribution < 1.29 is 0 Å². The Labute approximate surface area is 114 Å². The highest BCUT2D eigenvalue weighted by Gasteiger charge is 2.41. The molecule has 2 nitrogen and oxygen atoms in total. The maximum atomic E-state index is 2.78.